The van der Waals surface area contributed by atoms with Crippen molar-refractivity contribution in [3.63, 3.8) is 0 Å². The number of nitrogens with one attached hydrogen (secondary N) is 2. The van der Waals surface area contributed by atoms with Gasteiger partial charge in [0.2, 0.25) is 11.9 Å². The van der Waals surface area contributed by atoms with Gasteiger partial charge in [-0.1, -0.05) is 80.6 Å². The number of amides is 1. The second kappa shape index (κ2) is 20.6. The first-order valence-corrected chi connectivity index (χ1v) is 23.6. The lowest BCUT2D eigenvalue weighted by molar-refractivity contribution is -0.384. The average molecular weight is 924 g/mol. The van der Waals surface area contributed by atoms with Gasteiger partial charge in [-0.05, 0) is 57.9 Å². The molecule has 0 radical (unpaired) electrons. The highest BCUT2D eigenvalue weighted by Crippen LogP contribution is 2.64. The maximum Gasteiger partial charge on any atom is 0.389 e. The maximum atomic E-state index is 14.8. The molecule has 20 heteroatoms. The number of H-pyrrole nitrogens is 1. The van der Waals surface area contributed by atoms with E-state index < -0.39 is 47.2 Å². The summed E-state index contributed by atoms with van der Waals surface area (Å²) in [6.45, 7) is -1.14. The molecule has 2 aromatic heterocycles. The fourth-order valence-electron chi connectivity index (χ4n) is 7.21. The van der Waals surface area contributed by atoms with E-state index in [-0.39, 0.29) is 60.5 Å². The van der Waals surface area contributed by atoms with Crippen LogP contribution >= 0.6 is 18.2 Å². The van der Waals surface area contributed by atoms with E-state index in [0.29, 0.717) is 17.1 Å². The Hall–Kier alpha value is -6.39. The number of methoxy groups -OCH3 is 2. The van der Waals surface area contributed by atoms with Crippen molar-refractivity contribution in [1.29, 1.82) is 5.26 Å². The Kier molecular flexibility index (Phi) is 14.8. The number of aromatic amines is 1. The molecule has 1 fully saturated rings. The number of nitriles is 1. The molecule has 1 saturated heterocycles. The number of imidazole rings is 1. The van der Waals surface area contributed by atoms with E-state index in [9.17, 15) is 29.5 Å². The van der Waals surface area contributed by atoms with Gasteiger partial charge in [0.25, 0.3) is 11.2 Å². The van der Waals surface area contributed by atoms with Crippen molar-refractivity contribution in [3.05, 3.63) is 152 Å². The monoisotopic (exact) mass is 923 g/mol. The number of benzene rings is 4. The van der Waals surface area contributed by atoms with Crippen LogP contribution in [0.5, 0.6) is 11.5 Å². The Morgan fingerprint density at radius 3 is 2.23 bits per heavy atom. The van der Waals surface area contributed by atoms with Crippen molar-refractivity contribution < 1.29 is 42.3 Å². The average Bonchev–Trinajstić information content (AvgIpc) is 3.93. The smallest absolute Gasteiger partial charge is 0.389 e. The lowest BCUT2D eigenvalue weighted by atomic mass is 9.80. The van der Waals surface area contributed by atoms with E-state index >= 15 is 0 Å². The third kappa shape index (κ3) is 10.6. The minimum Gasteiger partial charge on any atom is -0.497 e. The van der Waals surface area contributed by atoms with Crippen LogP contribution in [-0.2, 0) is 39.2 Å². The molecule has 1 aliphatic rings. The summed E-state index contributed by atoms with van der Waals surface area (Å²) >= 11 is 0.859. The first-order chi connectivity index (χ1) is 31.4. The molecule has 1 unspecified atom stereocenters. The molecular formula is C45H46N7O11PS. The number of carbonyl (C=O) groups is 1. The summed E-state index contributed by atoms with van der Waals surface area (Å²) in [7, 11) is 3.16. The Bertz CT molecular complexity index is 2700. The maximum absolute atomic E-state index is 14.8. The zero-order valence-corrected chi connectivity index (χ0v) is 37.5. The molecule has 3 heterocycles. The Labute approximate surface area is 377 Å². The van der Waals surface area contributed by atoms with E-state index in [1.165, 1.54) is 23.0 Å². The zero-order valence-electron chi connectivity index (χ0n) is 35.8. The summed E-state index contributed by atoms with van der Waals surface area (Å²) in [4.78, 5) is 48.0. The predicted molar refractivity (Wildman–Crippen MR) is 241 cm³/mol. The molecule has 6 aromatic rings. The Morgan fingerprint density at radius 1 is 1.02 bits per heavy atom. The van der Waals surface area contributed by atoms with E-state index in [1.807, 2.05) is 84.9 Å². The summed E-state index contributed by atoms with van der Waals surface area (Å²) in [6.07, 6.45) is -1.59. The zero-order chi connectivity index (χ0) is 46.1. The number of ether oxygens (including phenoxy) is 4. The molecule has 0 bridgehead atoms. The number of fused-ring (bicyclic) bond motifs is 1. The predicted octanol–water partition coefficient (Wildman–Crippen LogP) is 8.29. The van der Waals surface area contributed by atoms with Gasteiger partial charge < -0.3 is 18.9 Å². The number of nitrogens with zero attached hydrogens (tertiary/aromatic N) is 5. The van der Waals surface area contributed by atoms with Crippen molar-refractivity contribution in [3.8, 4) is 17.6 Å². The number of non-ortho nitro benzene ring substituents is 1. The molecule has 0 saturated carbocycles. The molecular weight excluding hydrogens is 878 g/mol. The van der Waals surface area contributed by atoms with Crippen LogP contribution in [0.2, 0.25) is 0 Å². The third-order valence-corrected chi connectivity index (χ3v) is 14.3. The number of nitro groups is 1. The fourth-order valence-corrected chi connectivity index (χ4v) is 10.7. The van der Waals surface area contributed by atoms with Gasteiger partial charge in [0.05, 0.1) is 51.2 Å². The molecule has 1 amide bonds. The number of anilines is 1. The van der Waals surface area contributed by atoms with Crippen LogP contribution in [0.3, 0.4) is 0 Å². The van der Waals surface area contributed by atoms with Crippen molar-refractivity contribution in [2.75, 3.05) is 32.8 Å². The van der Waals surface area contributed by atoms with E-state index in [0.717, 1.165) is 28.1 Å². The Balaban J connectivity index is 1.29. The van der Waals surface area contributed by atoms with E-state index in [4.69, 9.17) is 28.0 Å². The number of rotatable bonds is 20. The van der Waals surface area contributed by atoms with E-state index in [2.05, 4.69) is 20.3 Å². The van der Waals surface area contributed by atoms with Gasteiger partial charge in [-0.2, -0.15) is 10.2 Å². The van der Waals surface area contributed by atoms with E-state index in [1.54, 1.807) is 40.2 Å². The van der Waals surface area contributed by atoms with Gasteiger partial charge >= 0.3 is 6.80 Å². The van der Waals surface area contributed by atoms with Crippen LogP contribution in [0.25, 0.3) is 11.2 Å². The molecule has 0 aliphatic carbocycles. The lowest BCUT2D eigenvalue weighted by Gasteiger charge is -2.37. The molecule has 7 rings (SSSR count). The van der Waals surface area contributed by atoms with Gasteiger partial charge in [-0.3, -0.25) is 43.6 Å². The largest absolute Gasteiger partial charge is 0.497 e. The third-order valence-electron chi connectivity index (χ3n) is 10.6. The standard InChI is InChI=1S/C45H46N7O11PS/c1-29(2)42(53)49-44-48-41-40(43(54)50-44)47-28-51(41)39-25-37(63-64(57,61-24-8-23-46)65-27-30-11-17-34(18-12-30)52(55)56)38(62-39)26-60-45(31-9-6-5-7-10-31,32-13-19-35(58-3)20-14-32)33-15-21-36(59-4)22-16-33/h5-7,9-22,28-29,37-39H,8,24-27H2,1-4H3,(H2,48,49,50,53,54)/t37-,38+,39+,64?/m0/s1. The van der Waals surface area contributed by atoms with Crippen LogP contribution in [-0.4, -0.2) is 70.0 Å². The van der Waals surface area contributed by atoms with Crippen molar-refractivity contribution in [2.24, 2.45) is 5.92 Å². The van der Waals surface area contributed by atoms with Gasteiger partial charge in [-0.25, -0.2) is 9.55 Å². The molecule has 1 aliphatic heterocycles. The number of hydrogen-bond acceptors (Lipinski definition) is 15. The van der Waals surface area contributed by atoms with Crippen LogP contribution in [0.1, 0.15) is 55.2 Å². The summed E-state index contributed by atoms with van der Waals surface area (Å²) in [5.74, 6) is 0.488. The van der Waals surface area contributed by atoms with Crippen LogP contribution in [0.15, 0.2) is 114 Å². The van der Waals surface area contributed by atoms with Crippen LogP contribution < -0.4 is 20.3 Å². The highest BCUT2D eigenvalue weighted by molar-refractivity contribution is 8.54. The first kappa shape index (κ1) is 46.6. The van der Waals surface area contributed by atoms with Gasteiger partial charge in [-0.15, -0.1) is 0 Å². The molecule has 65 heavy (non-hydrogen) atoms. The molecule has 4 aromatic carbocycles. The molecule has 2 N–H and O–H groups in total. The second-order valence-corrected chi connectivity index (χ2v) is 19.1. The van der Waals surface area contributed by atoms with Crippen LogP contribution in [0, 0.1) is 27.4 Å². The SMILES string of the molecule is COc1ccc(C(OC[C@H]2O[C@@H](n3cnc4c(=O)[nH]c(NC(=O)C(C)C)nc43)C[C@@H]2OP(=O)(OCCC#N)SCc2ccc([N+](=O)[O-])cc2)(c2ccccc2)c2ccc(OC)cc2)cc1. The second-order valence-electron chi connectivity index (χ2n) is 15.1. The first-order valence-electron chi connectivity index (χ1n) is 20.5. The fraction of sp³-hybridized carbons (Fsp3) is 0.311. The highest BCUT2D eigenvalue weighted by atomic mass is 32.7. The number of carbonyl (C=O) groups excluding carboxylic acids is 1. The summed E-state index contributed by atoms with van der Waals surface area (Å²) < 4.78 is 53.8. The van der Waals surface area contributed by atoms with Crippen molar-refractivity contribution in [2.45, 2.75) is 56.5 Å². The summed E-state index contributed by atoms with van der Waals surface area (Å²) in [6, 6.07) is 32.4. The molecule has 0 spiro atoms. The number of nitro benzene ring substituents is 1. The van der Waals surface area contributed by atoms with Gasteiger partial charge in [0.15, 0.2) is 11.2 Å². The minimum absolute atomic E-state index is 0.0143. The van der Waals surface area contributed by atoms with Gasteiger partial charge in [0.1, 0.15) is 35.5 Å². The number of hydrogen-bond donors (Lipinski definition) is 2. The molecule has 4 atom stereocenters. The van der Waals surface area contributed by atoms with Crippen LogP contribution in [0.4, 0.5) is 11.6 Å². The Morgan fingerprint density at radius 2 is 1.65 bits per heavy atom. The van der Waals surface area contributed by atoms with Crippen molar-refractivity contribution in [1.82, 2.24) is 19.5 Å². The molecule has 18 nitrogen and oxygen atoms in total. The molecule has 338 valence electrons. The lowest BCUT2D eigenvalue weighted by Crippen LogP contribution is -2.38. The highest BCUT2D eigenvalue weighted by Gasteiger charge is 2.46. The minimum atomic E-state index is -4.16. The number of aromatic nitrogens is 4. The summed E-state index contributed by atoms with van der Waals surface area (Å²) in [5, 5.41) is 23.3. The topological polar surface area (TPSA) is 232 Å². The summed E-state index contributed by atoms with van der Waals surface area (Å²) in [5.41, 5.74) is 0.972. The van der Waals surface area contributed by atoms with Gasteiger partial charge in [0, 0.05) is 30.2 Å². The quantitative estimate of drug-likeness (QED) is 0.0241. The van der Waals surface area contributed by atoms with Crippen molar-refractivity contribution >= 4 is 46.9 Å². The normalized spacial score (nSPS) is 17.1.